The van der Waals surface area contributed by atoms with Gasteiger partial charge in [0.05, 0.1) is 17.0 Å². The number of sulfonamides is 1. The summed E-state index contributed by atoms with van der Waals surface area (Å²) in [5.41, 5.74) is 7.79. The molecule has 0 bridgehead atoms. The average Bonchev–Trinajstić information content (AvgIpc) is 2.70. The van der Waals surface area contributed by atoms with Crippen LogP contribution in [0.3, 0.4) is 0 Å². The molecular weight excluding hydrogens is 390 g/mol. The summed E-state index contributed by atoms with van der Waals surface area (Å²) in [5.74, 6) is -1.20. The molecule has 7 nitrogen and oxygen atoms in total. The van der Waals surface area contributed by atoms with Gasteiger partial charge in [0.15, 0.2) is 0 Å². The van der Waals surface area contributed by atoms with Crippen molar-refractivity contribution in [3.8, 4) is 0 Å². The van der Waals surface area contributed by atoms with Gasteiger partial charge in [0.1, 0.15) is 0 Å². The van der Waals surface area contributed by atoms with Crippen molar-refractivity contribution in [3.63, 3.8) is 0 Å². The summed E-state index contributed by atoms with van der Waals surface area (Å²) in [4.78, 5) is 24.1. The first kappa shape index (κ1) is 21.0. The van der Waals surface area contributed by atoms with E-state index in [1.54, 1.807) is 24.3 Å². The van der Waals surface area contributed by atoms with Gasteiger partial charge in [-0.3, -0.25) is 9.59 Å². The van der Waals surface area contributed by atoms with Crippen LogP contribution in [0.1, 0.15) is 34.3 Å². The SMILES string of the molecule is Cc1ccc(CS(=O)(=O)N2CCC(C(=O)Nc3ccccc3C(N)=O)CC2)cc1. The van der Waals surface area contributed by atoms with E-state index < -0.39 is 15.9 Å². The number of para-hydroxylation sites is 1. The number of benzene rings is 2. The zero-order valence-corrected chi connectivity index (χ0v) is 17.1. The fourth-order valence-corrected chi connectivity index (χ4v) is 4.99. The maximum atomic E-state index is 12.7. The van der Waals surface area contributed by atoms with Crippen LogP contribution in [0.4, 0.5) is 5.69 Å². The number of carbonyl (C=O) groups is 2. The van der Waals surface area contributed by atoms with E-state index in [1.165, 1.54) is 4.31 Å². The Bertz CT molecular complexity index is 995. The van der Waals surface area contributed by atoms with E-state index in [-0.39, 0.29) is 23.1 Å². The quantitative estimate of drug-likeness (QED) is 0.754. The minimum atomic E-state index is -3.43. The highest BCUT2D eigenvalue weighted by Gasteiger charge is 2.31. The van der Waals surface area contributed by atoms with Gasteiger partial charge in [-0.25, -0.2) is 12.7 Å². The molecule has 1 fully saturated rings. The number of hydrogen-bond acceptors (Lipinski definition) is 4. The number of primary amides is 1. The molecule has 2 aromatic carbocycles. The molecule has 1 saturated heterocycles. The van der Waals surface area contributed by atoms with Crippen LogP contribution in [0.2, 0.25) is 0 Å². The first-order chi connectivity index (χ1) is 13.8. The molecule has 8 heteroatoms. The van der Waals surface area contributed by atoms with Gasteiger partial charge in [0.2, 0.25) is 15.9 Å². The third kappa shape index (κ3) is 5.21. The van der Waals surface area contributed by atoms with E-state index in [9.17, 15) is 18.0 Å². The highest BCUT2D eigenvalue weighted by atomic mass is 32.2. The monoisotopic (exact) mass is 415 g/mol. The van der Waals surface area contributed by atoms with Gasteiger partial charge in [-0.15, -0.1) is 0 Å². The Morgan fingerprint density at radius 2 is 1.69 bits per heavy atom. The van der Waals surface area contributed by atoms with Crippen molar-refractivity contribution in [1.82, 2.24) is 4.31 Å². The van der Waals surface area contributed by atoms with Crippen LogP contribution in [0, 0.1) is 12.8 Å². The van der Waals surface area contributed by atoms with Crippen molar-refractivity contribution in [3.05, 3.63) is 65.2 Å². The minimum absolute atomic E-state index is 0.0455. The molecule has 1 heterocycles. The summed E-state index contributed by atoms with van der Waals surface area (Å²) in [6.45, 7) is 2.55. The van der Waals surface area contributed by atoms with E-state index in [4.69, 9.17) is 5.73 Å². The molecule has 29 heavy (non-hydrogen) atoms. The van der Waals surface area contributed by atoms with E-state index >= 15 is 0 Å². The number of piperidine rings is 1. The second-order valence-corrected chi connectivity index (χ2v) is 9.28. The number of aryl methyl sites for hydroxylation is 1. The molecule has 0 spiro atoms. The summed E-state index contributed by atoms with van der Waals surface area (Å²) in [5, 5.41) is 2.75. The Hall–Kier alpha value is -2.71. The number of amides is 2. The molecule has 2 amide bonds. The third-order valence-corrected chi connectivity index (χ3v) is 6.99. The molecule has 154 valence electrons. The normalized spacial score (nSPS) is 15.8. The van der Waals surface area contributed by atoms with Crippen LogP contribution in [0.25, 0.3) is 0 Å². The lowest BCUT2D eigenvalue weighted by molar-refractivity contribution is -0.120. The van der Waals surface area contributed by atoms with Crippen molar-refractivity contribution in [2.24, 2.45) is 11.7 Å². The predicted octanol–water partition coefficient (Wildman–Crippen LogP) is 2.27. The molecule has 3 rings (SSSR count). The molecule has 0 unspecified atom stereocenters. The molecule has 3 N–H and O–H groups in total. The molecule has 0 atom stereocenters. The Morgan fingerprint density at radius 3 is 2.31 bits per heavy atom. The maximum absolute atomic E-state index is 12.7. The Kier molecular flexibility index (Phi) is 6.34. The van der Waals surface area contributed by atoms with Gasteiger partial charge in [0.25, 0.3) is 5.91 Å². The third-order valence-electron chi connectivity index (χ3n) is 5.14. The summed E-state index contributed by atoms with van der Waals surface area (Å²) in [6, 6.07) is 14.0. The molecular formula is C21H25N3O4S. The lowest BCUT2D eigenvalue weighted by Crippen LogP contribution is -2.42. The second kappa shape index (κ2) is 8.75. The van der Waals surface area contributed by atoms with Crippen LogP contribution >= 0.6 is 0 Å². The molecule has 0 saturated carbocycles. The highest BCUT2D eigenvalue weighted by molar-refractivity contribution is 7.88. The van der Waals surface area contributed by atoms with Crippen molar-refractivity contribution < 1.29 is 18.0 Å². The lowest BCUT2D eigenvalue weighted by Gasteiger charge is -2.30. The van der Waals surface area contributed by atoms with Crippen LogP contribution in [0.15, 0.2) is 48.5 Å². The number of nitrogens with two attached hydrogens (primary N) is 1. The summed E-state index contributed by atoms with van der Waals surface area (Å²) in [7, 11) is -3.43. The second-order valence-electron chi connectivity index (χ2n) is 7.31. The Morgan fingerprint density at radius 1 is 1.07 bits per heavy atom. The highest BCUT2D eigenvalue weighted by Crippen LogP contribution is 2.24. The molecule has 2 aromatic rings. The van der Waals surface area contributed by atoms with Crippen LogP contribution in [-0.4, -0.2) is 37.6 Å². The van der Waals surface area contributed by atoms with Gasteiger partial charge >= 0.3 is 0 Å². The average molecular weight is 416 g/mol. The van der Waals surface area contributed by atoms with Gasteiger partial charge in [-0.1, -0.05) is 42.0 Å². The summed E-state index contributed by atoms with van der Waals surface area (Å²) in [6.07, 6.45) is 0.857. The minimum Gasteiger partial charge on any atom is -0.366 e. The van der Waals surface area contributed by atoms with Crippen LogP contribution in [0.5, 0.6) is 0 Å². The molecule has 0 aliphatic carbocycles. The first-order valence-corrected chi connectivity index (χ1v) is 11.1. The predicted molar refractivity (Wildman–Crippen MR) is 112 cm³/mol. The number of anilines is 1. The molecule has 1 aliphatic rings. The van der Waals surface area contributed by atoms with E-state index in [2.05, 4.69) is 5.32 Å². The molecule has 1 aliphatic heterocycles. The Labute approximate surface area is 171 Å². The van der Waals surface area contributed by atoms with E-state index in [0.29, 0.717) is 31.6 Å². The van der Waals surface area contributed by atoms with Crippen molar-refractivity contribution in [2.45, 2.75) is 25.5 Å². The van der Waals surface area contributed by atoms with Crippen LogP contribution in [-0.2, 0) is 20.6 Å². The number of carbonyl (C=O) groups excluding carboxylic acids is 2. The van der Waals surface area contributed by atoms with Crippen molar-refractivity contribution in [1.29, 1.82) is 0 Å². The first-order valence-electron chi connectivity index (χ1n) is 9.49. The number of rotatable bonds is 6. The maximum Gasteiger partial charge on any atom is 0.250 e. The van der Waals surface area contributed by atoms with Gasteiger partial charge in [-0.05, 0) is 37.5 Å². The standard InChI is InChI=1S/C21H25N3O4S/c1-15-6-8-16(9-7-15)14-29(27,28)24-12-10-17(11-13-24)21(26)23-19-5-3-2-4-18(19)20(22)25/h2-9,17H,10-14H2,1H3,(H2,22,25)(H,23,26). The van der Waals surface area contributed by atoms with Gasteiger partial charge in [0, 0.05) is 19.0 Å². The van der Waals surface area contributed by atoms with Crippen LogP contribution < -0.4 is 11.1 Å². The Balaban J connectivity index is 1.59. The van der Waals surface area contributed by atoms with E-state index in [0.717, 1.165) is 11.1 Å². The lowest BCUT2D eigenvalue weighted by atomic mass is 9.97. The smallest absolute Gasteiger partial charge is 0.250 e. The van der Waals surface area contributed by atoms with Gasteiger partial charge in [-0.2, -0.15) is 0 Å². The zero-order chi connectivity index (χ0) is 21.0. The fraction of sp³-hybridized carbons (Fsp3) is 0.333. The number of hydrogen-bond donors (Lipinski definition) is 2. The van der Waals surface area contributed by atoms with Crippen molar-refractivity contribution >= 4 is 27.5 Å². The topological polar surface area (TPSA) is 110 Å². The van der Waals surface area contributed by atoms with Gasteiger partial charge < -0.3 is 11.1 Å². The molecule has 0 aromatic heterocycles. The number of nitrogens with zero attached hydrogens (tertiary/aromatic N) is 1. The molecule has 0 radical (unpaired) electrons. The van der Waals surface area contributed by atoms with E-state index in [1.807, 2.05) is 31.2 Å². The largest absolute Gasteiger partial charge is 0.366 e. The summed E-state index contributed by atoms with van der Waals surface area (Å²) < 4.78 is 26.9. The fourth-order valence-electron chi connectivity index (χ4n) is 3.42. The zero-order valence-electron chi connectivity index (χ0n) is 16.3. The number of nitrogens with one attached hydrogen (secondary N) is 1. The van der Waals surface area contributed by atoms with Crippen molar-refractivity contribution in [2.75, 3.05) is 18.4 Å². The summed E-state index contributed by atoms with van der Waals surface area (Å²) >= 11 is 0.